The van der Waals surface area contributed by atoms with Crippen molar-refractivity contribution in [3.63, 3.8) is 0 Å². The van der Waals surface area contributed by atoms with E-state index in [1.165, 1.54) is 0 Å². The number of phenolic OH excluding ortho intramolecular Hbond substituents is 1. The highest BCUT2D eigenvalue weighted by Gasteiger charge is 2.14. The first-order valence-electron chi connectivity index (χ1n) is 8.26. The summed E-state index contributed by atoms with van der Waals surface area (Å²) in [7, 11) is 0. The molecule has 3 nitrogen and oxygen atoms in total. The Bertz CT molecular complexity index is 486. The highest BCUT2D eigenvalue weighted by molar-refractivity contribution is 5.51. The Morgan fingerprint density at radius 1 is 1.14 bits per heavy atom. The average molecular weight is 308 g/mol. The van der Waals surface area contributed by atoms with E-state index in [1.54, 1.807) is 6.07 Å². The lowest BCUT2D eigenvalue weighted by Gasteiger charge is -2.19. The molecule has 0 spiro atoms. The van der Waals surface area contributed by atoms with Gasteiger partial charge in [0.1, 0.15) is 11.5 Å². The number of phenols is 1. The molecule has 0 aliphatic carbocycles. The molecule has 0 amide bonds. The smallest absolute Gasteiger partial charge is 0.125 e. The molecule has 0 radical (unpaired) electrons. The minimum atomic E-state index is -0.561. The number of hydrogen-bond donors (Lipinski definition) is 2. The first-order valence-corrected chi connectivity index (χ1v) is 8.26. The van der Waals surface area contributed by atoms with E-state index in [2.05, 4.69) is 6.92 Å². The molecule has 126 valence electrons. The summed E-state index contributed by atoms with van der Waals surface area (Å²) in [6.07, 6.45) is 4.00. The van der Waals surface area contributed by atoms with Crippen LogP contribution in [0.25, 0.3) is 0 Å². The van der Waals surface area contributed by atoms with Gasteiger partial charge in [-0.25, -0.2) is 0 Å². The first-order chi connectivity index (χ1) is 10.1. The van der Waals surface area contributed by atoms with Gasteiger partial charge in [0.2, 0.25) is 0 Å². The van der Waals surface area contributed by atoms with Crippen molar-refractivity contribution in [2.24, 2.45) is 5.92 Å². The Balaban J connectivity index is 2.43. The van der Waals surface area contributed by atoms with Gasteiger partial charge in [-0.3, -0.25) is 0 Å². The number of rotatable bonds is 8. The summed E-state index contributed by atoms with van der Waals surface area (Å²) in [5.41, 5.74) is 2.33. The lowest BCUT2D eigenvalue weighted by molar-refractivity contribution is 0.0667. The molecule has 0 aromatic heterocycles. The van der Waals surface area contributed by atoms with Gasteiger partial charge in [0.25, 0.3) is 0 Å². The van der Waals surface area contributed by atoms with Crippen LogP contribution >= 0.6 is 0 Å². The molecule has 0 bridgehead atoms. The van der Waals surface area contributed by atoms with Crippen molar-refractivity contribution in [2.45, 2.75) is 72.8 Å². The van der Waals surface area contributed by atoms with Crippen molar-refractivity contribution < 1.29 is 14.9 Å². The fourth-order valence-electron chi connectivity index (χ4n) is 2.65. The van der Waals surface area contributed by atoms with Crippen molar-refractivity contribution in [3.05, 3.63) is 22.8 Å². The number of aryl methyl sites for hydroxylation is 1. The van der Waals surface area contributed by atoms with E-state index in [4.69, 9.17) is 4.74 Å². The number of hydrogen-bond acceptors (Lipinski definition) is 3. The van der Waals surface area contributed by atoms with Crippen molar-refractivity contribution in [3.8, 4) is 11.5 Å². The van der Waals surface area contributed by atoms with Gasteiger partial charge in [0.05, 0.1) is 12.2 Å². The SMILES string of the molecule is Cc1cc(O)c(C)c(C)c1OCCC(C)CCCC(C)(C)O. The van der Waals surface area contributed by atoms with Crippen molar-refractivity contribution in [1.29, 1.82) is 0 Å². The van der Waals surface area contributed by atoms with Gasteiger partial charge in [0, 0.05) is 0 Å². The monoisotopic (exact) mass is 308 g/mol. The molecule has 2 N–H and O–H groups in total. The Morgan fingerprint density at radius 3 is 2.36 bits per heavy atom. The van der Waals surface area contributed by atoms with Crippen LogP contribution in [0.2, 0.25) is 0 Å². The third-order valence-electron chi connectivity index (χ3n) is 4.34. The molecule has 0 aliphatic heterocycles. The second-order valence-corrected chi connectivity index (χ2v) is 7.24. The molecule has 1 rings (SSSR count). The molecule has 0 heterocycles. The lowest BCUT2D eigenvalue weighted by Crippen LogP contribution is -2.18. The first kappa shape index (κ1) is 18.8. The summed E-state index contributed by atoms with van der Waals surface area (Å²) in [5, 5.41) is 19.5. The Morgan fingerprint density at radius 2 is 1.77 bits per heavy atom. The highest BCUT2D eigenvalue weighted by atomic mass is 16.5. The Labute approximate surface area is 135 Å². The number of aromatic hydroxyl groups is 1. The van der Waals surface area contributed by atoms with Gasteiger partial charge in [-0.05, 0) is 76.1 Å². The topological polar surface area (TPSA) is 49.7 Å². The minimum Gasteiger partial charge on any atom is -0.508 e. The van der Waals surface area contributed by atoms with Crippen molar-refractivity contribution in [1.82, 2.24) is 0 Å². The molecule has 22 heavy (non-hydrogen) atoms. The van der Waals surface area contributed by atoms with Gasteiger partial charge in [-0.2, -0.15) is 0 Å². The Kier molecular flexibility index (Phi) is 6.73. The van der Waals surface area contributed by atoms with E-state index in [0.717, 1.165) is 48.1 Å². The van der Waals surface area contributed by atoms with Crippen LogP contribution in [0.4, 0.5) is 0 Å². The Hall–Kier alpha value is -1.22. The zero-order valence-electron chi connectivity index (χ0n) is 15.0. The molecule has 1 unspecified atom stereocenters. The van der Waals surface area contributed by atoms with Crippen LogP contribution in [0.1, 0.15) is 63.1 Å². The zero-order valence-corrected chi connectivity index (χ0v) is 15.0. The maximum Gasteiger partial charge on any atom is 0.125 e. The standard InChI is InChI=1S/C19H32O3/c1-13(8-7-10-19(5,6)21)9-11-22-18-14(2)12-17(20)15(3)16(18)4/h12-13,20-21H,7-11H2,1-6H3. The number of aliphatic hydroxyl groups is 1. The van der Waals surface area contributed by atoms with E-state index in [9.17, 15) is 10.2 Å². The molecule has 3 heteroatoms. The van der Waals surface area contributed by atoms with E-state index in [-0.39, 0.29) is 0 Å². The number of benzene rings is 1. The largest absolute Gasteiger partial charge is 0.508 e. The molecule has 0 aliphatic rings. The third kappa shape index (κ3) is 5.88. The van der Waals surface area contributed by atoms with E-state index in [0.29, 0.717) is 18.3 Å². The highest BCUT2D eigenvalue weighted by Crippen LogP contribution is 2.32. The minimum absolute atomic E-state index is 0.335. The molecule has 1 aromatic carbocycles. The van der Waals surface area contributed by atoms with Crippen LogP contribution < -0.4 is 4.74 Å². The summed E-state index contributed by atoms with van der Waals surface area (Å²) in [4.78, 5) is 0. The van der Waals surface area contributed by atoms with E-state index in [1.807, 2.05) is 34.6 Å². The molecule has 0 fully saturated rings. The fourth-order valence-corrected chi connectivity index (χ4v) is 2.65. The van der Waals surface area contributed by atoms with Crippen LogP contribution in [0.3, 0.4) is 0 Å². The van der Waals surface area contributed by atoms with Crippen LogP contribution in [0, 0.1) is 26.7 Å². The van der Waals surface area contributed by atoms with Crippen LogP contribution in [0.15, 0.2) is 6.07 Å². The summed E-state index contributed by atoms with van der Waals surface area (Å²) in [6, 6.07) is 1.77. The van der Waals surface area contributed by atoms with Gasteiger partial charge < -0.3 is 14.9 Å². The van der Waals surface area contributed by atoms with E-state index < -0.39 is 5.60 Å². The zero-order chi connectivity index (χ0) is 16.9. The molecular weight excluding hydrogens is 276 g/mol. The molecule has 1 aromatic rings. The van der Waals surface area contributed by atoms with Gasteiger partial charge in [0.15, 0.2) is 0 Å². The molecule has 1 atom stereocenters. The van der Waals surface area contributed by atoms with Gasteiger partial charge in [-0.15, -0.1) is 0 Å². The van der Waals surface area contributed by atoms with E-state index >= 15 is 0 Å². The maximum atomic E-state index is 9.81. The third-order valence-corrected chi connectivity index (χ3v) is 4.34. The molecule has 0 saturated heterocycles. The maximum absolute atomic E-state index is 9.81. The second kappa shape index (κ2) is 7.87. The quantitative estimate of drug-likeness (QED) is 0.734. The van der Waals surface area contributed by atoms with Gasteiger partial charge >= 0.3 is 0 Å². The number of ether oxygens (including phenoxy) is 1. The second-order valence-electron chi connectivity index (χ2n) is 7.24. The average Bonchev–Trinajstić information content (AvgIpc) is 2.38. The fraction of sp³-hybridized carbons (Fsp3) is 0.684. The van der Waals surface area contributed by atoms with Crippen LogP contribution in [-0.4, -0.2) is 22.4 Å². The van der Waals surface area contributed by atoms with Crippen LogP contribution in [-0.2, 0) is 0 Å². The summed E-state index contributed by atoms with van der Waals surface area (Å²) in [6.45, 7) is 12.5. The predicted molar refractivity (Wildman–Crippen MR) is 91.7 cm³/mol. The van der Waals surface area contributed by atoms with Crippen molar-refractivity contribution >= 4 is 0 Å². The normalized spacial score (nSPS) is 13.2. The van der Waals surface area contributed by atoms with Crippen molar-refractivity contribution in [2.75, 3.05) is 6.61 Å². The predicted octanol–water partition coefficient (Wildman–Crippen LogP) is 4.66. The summed E-state index contributed by atoms with van der Waals surface area (Å²) >= 11 is 0. The summed E-state index contributed by atoms with van der Waals surface area (Å²) in [5.74, 6) is 1.82. The van der Waals surface area contributed by atoms with Crippen LogP contribution in [0.5, 0.6) is 11.5 Å². The van der Waals surface area contributed by atoms with Gasteiger partial charge in [-0.1, -0.05) is 19.8 Å². The molecular formula is C19H32O3. The summed E-state index contributed by atoms with van der Waals surface area (Å²) < 4.78 is 5.96. The molecule has 0 saturated carbocycles. The lowest BCUT2D eigenvalue weighted by atomic mass is 9.95.